The number of hydrazine groups is 1. The molecule has 0 bridgehead atoms. The topological polar surface area (TPSA) is 48.1 Å². The molecule has 27 heavy (non-hydrogen) atoms. The molecule has 1 amide bonds. The van der Waals surface area contributed by atoms with E-state index in [1.54, 1.807) is 5.01 Å². The van der Waals surface area contributed by atoms with Gasteiger partial charge in [-0.3, -0.25) is 0 Å². The highest BCUT2D eigenvalue weighted by Crippen LogP contribution is 2.50. The van der Waals surface area contributed by atoms with Crippen molar-refractivity contribution in [2.45, 2.75) is 18.0 Å². The second-order valence-electron chi connectivity index (χ2n) is 6.76. The molecule has 0 radical (unpaired) electrons. The molecule has 2 atom stereocenters. The first-order valence-corrected chi connectivity index (χ1v) is 10.1. The minimum Gasteiger partial charge on any atom is -0.452 e. The molecule has 140 valence electrons. The highest BCUT2D eigenvalue weighted by atomic mass is 35.5. The average molecular weight is 403 g/mol. The Hall–Kier alpha value is -1.93. The number of halogens is 1. The normalized spacial score (nSPS) is 26.7. The van der Waals surface area contributed by atoms with Crippen LogP contribution < -0.4 is 10.3 Å². The summed E-state index contributed by atoms with van der Waals surface area (Å²) in [5.74, 6) is 0. The highest BCUT2D eigenvalue weighted by molar-refractivity contribution is 8.04. The minimum atomic E-state index is -0.381. The van der Waals surface area contributed by atoms with Crippen LogP contribution in [0.3, 0.4) is 0 Å². The van der Waals surface area contributed by atoms with Crippen LogP contribution in [0, 0.1) is 0 Å². The first-order chi connectivity index (χ1) is 13.2. The van der Waals surface area contributed by atoms with Gasteiger partial charge in [-0.05, 0) is 24.1 Å². The van der Waals surface area contributed by atoms with Crippen LogP contribution in [0.2, 0.25) is 5.02 Å². The number of allylic oxidation sites excluding steroid dienone is 2. The van der Waals surface area contributed by atoms with Crippen LogP contribution in [0.25, 0.3) is 0 Å². The summed E-state index contributed by atoms with van der Waals surface area (Å²) in [6.45, 7) is 1.19. The number of hydrogen-bond acceptors (Lipinski definition) is 6. The van der Waals surface area contributed by atoms with Crippen molar-refractivity contribution in [2.75, 3.05) is 25.2 Å². The average Bonchev–Trinajstić information content (AvgIpc) is 3.34. The standard InChI is InChI=1S/C19H19ClN4O2S/c1-26-19(25)24-17-10-22(15-7-3-2-6-14(15)20)9-13-12-5-4-8-16(12)27-18(13)23(17)11-21-24/h2-4,6-9,17-18,21H,5,10-11H2,1H3. The Morgan fingerprint density at radius 1 is 1.37 bits per heavy atom. The first-order valence-electron chi connectivity index (χ1n) is 8.83. The fourth-order valence-corrected chi connectivity index (χ4v) is 5.74. The zero-order chi connectivity index (χ0) is 18.5. The molecular formula is C19H19ClN4O2S. The molecule has 8 heteroatoms. The molecule has 1 saturated heterocycles. The molecule has 6 nitrogen and oxygen atoms in total. The van der Waals surface area contributed by atoms with E-state index in [-0.39, 0.29) is 17.6 Å². The number of methoxy groups -OCH3 is 1. The third-order valence-electron chi connectivity index (χ3n) is 5.34. The molecule has 4 aliphatic rings. The fourth-order valence-electron chi connectivity index (χ4n) is 4.05. The number of thioether (sulfide) groups is 1. The Morgan fingerprint density at radius 3 is 3.04 bits per heavy atom. The Kier molecular flexibility index (Phi) is 4.20. The molecule has 0 spiro atoms. The smallest absolute Gasteiger partial charge is 0.425 e. The molecule has 0 aromatic heterocycles. The van der Waals surface area contributed by atoms with Crippen molar-refractivity contribution >= 4 is 35.1 Å². The van der Waals surface area contributed by atoms with Gasteiger partial charge in [0, 0.05) is 16.7 Å². The third kappa shape index (κ3) is 2.69. The largest absolute Gasteiger partial charge is 0.452 e. The number of nitrogens with one attached hydrogen (secondary N) is 1. The molecule has 2 unspecified atom stereocenters. The van der Waals surface area contributed by atoms with Gasteiger partial charge in [0.1, 0.15) is 6.17 Å². The molecule has 0 saturated carbocycles. The Balaban J connectivity index is 1.59. The van der Waals surface area contributed by atoms with E-state index in [1.165, 1.54) is 23.2 Å². The Bertz CT molecular complexity index is 899. The molecular weight excluding hydrogens is 384 g/mol. The Labute approximate surface area is 167 Å². The van der Waals surface area contributed by atoms with Crippen molar-refractivity contribution in [3.8, 4) is 0 Å². The van der Waals surface area contributed by atoms with Crippen LogP contribution in [0.1, 0.15) is 6.42 Å². The zero-order valence-electron chi connectivity index (χ0n) is 14.8. The molecule has 5 rings (SSSR count). The van der Waals surface area contributed by atoms with Gasteiger partial charge in [-0.15, -0.1) is 11.8 Å². The number of nitrogens with zero attached hydrogens (tertiary/aromatic N) is 3. The van der Waals surface area contributed by atoms with Gasteiger partial charge in [-0.1, -0.05) is 35.9 Å². The maximum atomic E-state index is 12.3. The van der Waals surface area contributed by atoms with Gasteiger partial charge >= 0.3 is 6.09 Å². The second-order valence-corrected chi connectivity index (χ2v) is 8.29. The predicted molar refractivity (Wildman–Crippen MR) is 107 cm³/mol. The van der Waals surface area contributed by atoms with Crippen LogP contribution in [0.5, 0.6) is 0 Å². The van der Waals surface area contributed by atoms with E-state index in [0.717, 1.165) is 12.1 Å². The number of carbonyl (C=O) groups excluding carboxylic acids is 1. The number of para-hydroxylation sites is 1. The summed E-state index contributed by atoms with van der Waals surface area (Å²) >= 11 is 8.35. The van der Waals surface area contributed by atoms with Crippen LogP contribution in [0.4, 0.5) is 10.5 Å². The van der Waals surface area contributed by atoms with E-state index in [2.05, 4.69) is 33.6 Å². The number of amides is 1. The maximum Gasteiger partial charge on any atom is 0.425 e. The van der Waals surface area contributed by atoms with E-state index in [0.29, 0.717) is 18.2 Å². The molecule has 1 aromatic carbocycles. The predicted octanol–water partition coefficient (Wildman–Crippen LogP) is 3.50. The third-order valence-corrected chi connectivity index (χ3v) is 7.04. The van der Waals surface area contributed by atoms with Crippen molar-refractivity contribution in [1.29, 1.82) is 0 Å². The van der Waals surface area contributed by atoms with Gasteiger partial charge in [-0.25, -0.2) is 20.1 Å². The lowest BCUT2D eigenvalue weighted by atomic mass is 10.1. The van der Waals surface area contributed by atoms with Crippen molar-refractivity contribution in [3.63, 3.8) is 0 Å². The molecule has 1 fully saturated rings. The number of anilines is 1. The Morgan fingerprint density at radius 2 is 2.22 bits per heavy atom. The molecule has 1 N–H and O–H groups in total. The summed E-state index contributed by atoms with van der Waals surface area (Å²) in [6.07, 6.45) is 7.03. The van der Waals surface area contributed by atoms with E-state index < -0.39 is 0 Å². The summed E-state index contributed by atoms with van der Waals surface area (Å²) < 4.78 is 4.98. The van der Waals surface area contributed by atoms with Gasteiger partial charge in [0.2, 0.25) is 0 Å². The van der Waals surface area contributed by atoms with Gasteiger partial charge in [-0.2, -0.15) is 0 Å². The lowest BCUT2D eigenvalue weighted by Gasteiger charge is -2.32. The monoisotopic (exact) mass is 402 g/mol. The molecule has 3 aliphatic heterocycles. The quantitative estimate of drug-likeness (QED) is 0.775. The second kappa shape index (κ2) is 6.60. The number of benzene rings is 1. The van der Waals surface area contributed by atoms with Crippen molar-refractivity contribution < 1.29 is 9.53 Å². The summed E-state index contributed by atoms with van der Waals surface area (Å²) in [5.41, 5.74) is 6.79. The van der Waals surface area contributed by atoms with Crippen LogP contribution in [-0.4, -0.2) is 47.9 Å². The number of carbonyl (C=O) groups is 1. The molecule has 1 aliphatic carbocycles. The summed E-state index contributed by atoms with van der Waals surface area (Å²) in [7, 11) is 1.41. The van der Waals surface area contributed by atoms with E-state index >= 15 is 0 Å². The SMILES string of the molecule is COC(=O)N1NCN2C3SC4=C(CC=C4)C3=CN(c3ccccc3Cl)CC12. The molecule has 1 aromatic rings. The number of hydrogen-bond donors (Lipinski definition) is 1. The van der Waals surface area contributed by atoms with Crippen LogP contribution >= 0.6 is 23.4 Å². The minimum absolute atomic E-state index is 0.163. The summed E-state index contributed by atoms with van der Waals surface area (Å²) in [6, 6.07) is 7.82. The number of fused-ring (bicyclic) bond motifs is 4. The van der Waals surface area contributed by atoms with Gasteiger partial charge in [0.15, 0.2) is 0 Å². The van der Waals surface area contributed by atoms with Crippen molar-refractivity contribution in [3.05, 3.63) is 63.7 Å². The number of rotatable bonds is 1. The summed E-state index contributed by atoms with van der Waals surface area (Å²) in [4.78, 5) is 18.1. The van der Waals surface area contributed by atoms with Crippen LogP contribution in [0.15, 0.2) is 58.7 Å². The van der Waals surface area contributed by atoms with E-state index in [9.17, 15) is 4.79 Å². The summed E-state index contributed by atoms with van der Waals surface area (Å²) in [5, 5.41) is 2.44. The maximum absolute atomic E-state index is 12.3. The molecule has 3 heterocycles. The van der Waals surface area contributed by atoms with Crippen LogP contribution in [-0.2, 0) is 4.74 Å². The zero-order valence-corrected chi connectivity index (χ0v) is 16.3. The lowest BCUT2D eigenvalue weighted by Crippen LogP contribution is -2.50. The van der Waals surface area contributed by atoms with Gasteiger partial charge in [0.05, 0.1) is 36.4 Å². The van der Waals surface area contributed by atoms with E-state index in [1.807, 2.05) is 36.0 Å². The number of ether oxygens (including phenoxy) is 1. The van der Waals surface area contributed by atoms with Crippen molar-refractivity contribution in [1.82, 2.24) is 15.3 Å². The highest BCUT2D eigenvalue weighted by Gasteiger charge is 2.47. The fraction of sp³-hybridized carbons (Fsp3) is 0.316. The van der Waals surface area contributed by atoms with E-state index in [4.69, 9.17) is 16.3 Å². The lowest BCUT2D eigenvalue weighted by molar-refractivity contribution is 0.0818. The van der Waals surface area contributed by atoms with Crippen molar-refractivity contribution in [2.24, 2.45) is 0 Å². The van der Waals surface area contributed by atoms with Gasteiger partial charge < -0.3 is 9.64 Å². The first kappa shape index (κ1) is 17.2. The van der Waals surface area contributed by atoms with Gasteiger partial charge in [0.25, 0.3) is 0 Å².